The van der Waals surface area contributed by atoms with E-state index in [9.17, 15) is 4.79 Å². The molecule has 0 heterocycles. The van der Waals surface area contributed by atoms with E-state index in [4.69, 9.17) is 29.6 Å². The van der Waals surface area contributed by atoms with E-state index in [0.717, 1.165) is 5.56 Å². The highest BCUT2D eigenvalue weighted by Gasteiger charge is 2.15. The van der Waals surface area contributed by atoms with Crippen molar-refractivity contribution in [1.82, 2.24) is 4.90 Å². The van der Waals surface area contributed by atoms with E-state index < -0.39 is 0 Å². The van der Waals surface area contributed by atoms with Crippen molar-refractivity contribution in [3.63, 3.8) is 0 Å². The van der Waals surface area contributed by atoms with Crippen LogP contribution in [0.1, 0.15) is 22.3 Å². The largest absolute Gasteiger partial charge is 0.393 e. The van der Waals surface area contributed by atoms with Gasteiger partial charge in [0.05, 0.1) is 15.6 Å². The fourth-order valence-electron chi connectivity index (χ4n) is 1.40. The number of hydrogen-bond donors (Lipinski definition) is 1. The van der Waals surface area contributed by atoms with Gasteiger partial charge in [0.25, 0.3) is 5.91 Å². The van der Waals surface area contributed by atoms with Crippen LogP contribution < -0.4 is 5.73 Å². The van der Waals surface area contributed by atoms with Crippen LogP contribution >= 0.6 is 23.8 Å². The first-order chi connectivity index (χ1) is 7.93. The second-order valence-corrected chi connectivity index (χ2v) is 4.78. The van der Waals surface area contributed by atoms with Crippen LogP contribution in [-0.4, -0.2) is 29.4 Å². The maximum Gasteiger partial charge on any atom is 0.255 e. The third-order valence-corrected chi connectivity index (χ3v) is 3.17. The average Bonchev–Trinajstić information content (AvgIpc) is 2.28. The number of aryl methyl sites for hydroxylation is 1. The monoisotopic (exact) mass is 270 g/mol. The minimum Gasteiger partial charge on any atom is -0.393 e. The molecule has 0 radical (unpaired) electrons. The summed E-state index contributed by atoms with van der Waals surface area (Å²) in [4.78, 5) is 14.1. The summed E-state index contributed by atoms with van der Waals surface area (Å²) < 4.78 is 0. The summed E-state index contributed by atoms with van der Waals surface area (Å²) in [5.74, 6) is -0.116. The van der Waals surface area contributed by atoms with Gasteiger partial charge in [-0.3, -0.25) is 4.79 Å². The first-order valence-electron chi connectivity index (χ1n) is 5.22. The second kappa shape index (κ2) is 5.98. The highest BCUT2D eigenvalue weighted by Crippen LogP contribution is 2.21. The molecule has 3 nitrogen and oxygen atoms in total. The van der Waals surface area contributed by atoms with Crippen molar-refractivity contribution < 1.29 is 4.79 Å². The summed E-state index contributed by atoms with van der Waals surface area (Å²) in [5.41, 5.74) is 6.80. The van der Waals surface area contributed by atoms with Gasteiger partial charge in [0.1, 0.15) is 0 Å². The van der Waals surface area contributed by atoms with Crippen molar-refractivity contribution in [2.45, 2.75) is 13.3 Å². The van der Waals surface area contributed by atoms with E-state index in [1.54, 1.807) is 18.0 Å². The SMILES string of the molecule is Cc1cccc(C(=O)N(C)CCC(N)=S)c1Cl. The van der Waals surface area contributed by atoms with Crippen LogP contribution in [0.5, 0.6) is 0 Å². The highest BCUT2D eigenvalue weighted by molar-refractivity contribution is 7.80. The topological polar surface area (TPSA) is 46.3 Å². The summed E-state index contributed by atoms with van der Waals surface area (Å²) in [6.45, 7) is 2.37. The number of thiocarbonyl (C=S) groups is 1. The fourth-order valence-corrected chi connectivity index (χ4v) is 1.70. The van der Waals surface area contributed by atoms with Crippen molar-refractivity contribution >= 4 is 34.7 Å². The molecule has 0 spiro atoms. The molecule has 2 N–H and O–H groups in total. The van der Waals surface area contributed by atoms with Crippen LogP contribution in [0.15, 0.2) is 18.2 Å². The Morgan fingerprint density at radius 1 is 1.53 bits per heavy atom. The van der Waals surface area contributed by atoms with Crippen LogP contribution in [0.25, 0.3) is 0 Å². The van der Waals surface area contributed by atoms with Gasteiger partial charge in [-0.1, -0.05) is 36.0 Å². The zero-order valence-corrected chi connectivity index (χ0v) is 11.4. The molecule has 1 rings (SSSR count). The smallest absolute Gasteiger partial charge is 0.255 e. The predicted molar refractivity (Wildman–Crippen MR) is 74.6 cm³/mol. The lowest BCUT2D eigenvalue weighted by Gasteiger charge is -2.18. The summed E-state index contributed by atoms with van der Waals surface area (Å²) >= 11 is 10.9. The van der Waals surface area contributed by atoms with E-state index >= 15 is 0 Å². The summed E-state index contributed by atoms with van der Waals surface area (Å²) in [7, 11) is 1.71. The molecule has 0 fully saturated rings. The maximum absolute atomic E-state index is 12.1. The molecule has 1 aromatic rings. The Morgan fingerprint density at radius 2 is 2.18 bits per heavy atom. The molecule has 0 aliphatic rings. The van der Waals surface area contributed by atoms with Gasteiger partial charge in [-0.15, -0.1) is 0 Å². The van der Waals surface area contributed by atoms with E-state index in [0.29, 0.717) is 28.5 Å². The second-order valence-electron chi connectivity index (χ2n) is 3.88. The minimum absolute atomic E-state index is 0.116. The van der Waals surface area contributed by atoms with Crippen molar-refractivity contribution in [2.75, 3.05) is 13.6 Å². The molecule has 0 saturated carbocycles. The number of amides is 1. The molecule has 5 heteroatoms. The maximum atomic E-state index is 12.1. The third-order valence-electron chi connectivity index (χ3n) is 2.46. The number of rotatable bonds is 4. The Hall–Kier alpha value is -1.13. The van der Waals surface area contributed by atoms with Crippen LogP contribution in [0.2, 0.25) is 5.02 Å². The van der Waals surface area contributed by atoms with Crippen LogP contribution in [0.3, 0.4) is 0 Å². The first-order valence-corrected chi connectivity index (χ1v) is 6.01. The molecule has 0 aliphatic heterocycles. The lowest BCUT2D eigenvalue weighted by Crippen LogP contribution is -2.30. The van der Waals surface area contributed by atoms with Gasteiger partial charge in [0.2, 0.25) is 0 Å². The number of nitrogens with zero attached hydrogens (tertiary/aromatic N) is 1. The fraction of sp³-hybridized carbons (Fsp3) is 0.333. The van der Waals surface area contributed by atoms with Gasteiger partial charge in [-0.2, -0.15) is 0 Å². The zero-order valence-electron chi connectivity index (χ0n) is 9.87. The minimum atomic E-state index is -0.116. The number of carbonyl (C=O) groups is 1. The number of halogens is 1. The standard InChI is InChI=1S/C12H15ClN2OS/c1-8-4-3-5-9(11(8)13)12(16)15(2)7-6-10(14)17/h3-5H,6-7H2,1-2H3,(H2,14,17). The normalized spacial score (nSPS) is 10.1. The van der Waals surface area contributed by atoms with Gasteiger partial charge >= 0.3 is 0 Å². The van der Waals surface area contributed by atoms with Crippen molar-refractivity contribution in [1.29, 1.82) is 0 Å². The van der Waals surface area contributed by atoms with Gasteiger partial charge in [0.15, 0.2) is 0 Å². The Kier molecular flexibility index (Phi) is 4.90. The molecule has 1 aromatic carbocycles. The van der Waals surface area contributed by atoms with E-state index in [-0.39, 0.29) is 5.91 Å². The molecular formula is C12H15ClN2OS. The summed E-state index contributed by atoms with van der Waals surface area (Å²) in [5, 5.41) is 0.500. The van der Waals surface area contributed by atoms with Crippen LogP contribution in [0.4, 0.5) is 0 Å². The Bertz CT molecular complexity index is 448. The number of benzene rings is 1. The van der Waals surface area contributed by atoms with Gasteiger partial charge in [-0.25, -0.2) is 0 Å². The van der Waals surface area contributed by atoms with Crippen molar-refractivity contribution in [3.8, 4) is 0 Å². The average molecular weight is 271 g/mol. The molecule has 1 amide bonds. The van der Waals surface area contributed by atoms with Gasteiger partial charge in [-0.05, 0) is 18.6 Å². The summed E-state index contributed by atoms with van der Waals surface area (Å²) in [6, 6.07) is 5.40. The Morgan fingerprint density at radius 3 is 2.76 bits per heavy atom. The van der Waals surface area contributed by atoms with E-state index in [1.807, 2.05) is 19.1 Å². The lowest BCUT2D eigenvalue weighted by atomic mass is 10.1. The van der Waals surface area contributed by atoms with E-state index in [2.05, 4.69) is 0 Å². The molecule has 0 unspecified atom stereocenters. The molecule has 17 heavy (non-hydrogen) atoms. The Labute approximate surface area is 112 Å². The van der Waals surface area contributed by atoms with E-state index in [1.165, 1.54) is 0 Å². The van der Waals surface area contributed by atoms with Crippen LogP contribution in [-0.2, 0) is 0 Å². The zero-order chi connectivity index (χ0) is 13.0. The summed E-state index contributed by atoms with van der Waals surface area (Å²) in [6.07, 6.45) is 0.515. The quantitative estimate of drug-likeness (QED) is 0.855. The highest BCUT2D eigenvalue weighted by atomic mass is 35.5. The number of hydrogen-bond acceptors (Lipinski definition) is 2. The third kappa shape index (κ3) is 3.68. The van der Waals surface area contributed by atoms with Gasteiger partial charge in [0, 0.05) is 20.0 Å². The molecule has 0 aromatic heterocycles. The number of nitrogens with two attached hydrogens (primary N) is 1. The predicted octanol–water partition coefficient (Wildman–Crippen LogP) is 2.40. The molecule has 0 bridgehead atoms. The van der Waals surface area contributed by atoms with Crippen LogP contribution in [0, 0.1) is 6.92 Å². The van der Waals surface area contributed by atoms with Crippen molar-refractivity contribution in [2.24, 2.45) is 5.73 Å². The molecule has 0 aliphatic carbocycles. The number of carbonyl (C=O) groups excluding carboxylic acids is 1. The molecule has 92 valence electrons. The molecule has 0 saturated heterocycles. The Balaban J connectivity index is 2.82. The molecular weight excluding hydrogens is 256 g/mol. The molecule has 0 atom stereocenters. The van der Waals surface area contributed by atoms with Crippen molar-refractivity contribution in [3.05, 3.63) is 34.3 Å². The van der Waals surface area contributed by atoms with Gasteiger partial charge < -0.3 is 10.6 Å². The lowest BCUT2D eigenvalue weighted by molar-refractivity contribution is 0.0799. The first kappa shape index (κ1) is 13.9.